The fraction of sp³-hybridized carbons (Fsp3) is 0.259. The molecule has 1 saturated heterocycles. The van der Waals surface area contributed by atoms with Crippen molar-refractivity contribution in [2.24, 2.45) is 0 Å². The monoisotopic (exact) mass is 458 g/mol. The van der Waals surface area contributed by atoms with Crippen LogP contribution >= 0.6 is 11.8 Å². The number of nitrogens with zero attached hydrogens (tertiary/aromatic N) is 1. The minimum atomic E-state index is -0.150. The SMILES string of the molecule is Cc1ccc(CN2C(=O)c3ccccc3Sc3ccc(C(=O)NCC4CCCO4)cc32)cc1. The topological polar surface area (TPSA) is 58.6 Å². The molecule has 1 atom stereocenters. The summed E-state index contributed by atoms with van der Waals surface area (Å²) >= 11 is 1.56. The number of ether oxygens (including phenoxy) is 1. The molecule has 2 aliphatic heterocycles. The van der Waals surface area contributed by atoms with Gasteiger partial charge in [0.1, 0.15) is 0 Å². The molecule has 5 nitrogen and oxygen atoms in total. The second-order valence-electron chi connectivity index (χ2n) is 8.50. The zero-order valence-corrected chi connectivity index (χ0v) is 19.4. The van der Waals surface area contributed by atoms with Crippen molar-refractivity contribution in [3.8, 4) is 0 Å². The van der Waals surface area contributed by atoms with Crippen LogP contribution in [-0.2, 0) is 11.3 Å². The minimum Gasteiger partial charge on any atom is -0.376 e. The summed E-state index contributed by atoms with van der Waals surface area (Å²) in [5, 5.41) is 2.99. The van der Waals surface area contributed by atoms with Crippen LogP contribution in [0.1, 0.15) is 44.7 Å². The van der Waals surface area contributed by atoms with E-state index < -0.39 is 0 Å². The first-order valence-corrected chi connectivity index (χ1v) is 12.1. The number of carbonyl (C=O) groups excluding carboxylic acids is 2. The Labute approximate surface area is 198 Å². The van der Waals surface area contributed by atoms with Gasteiger partial charge in [-0.25, -0.2) is 0 Å². The molecular formula is C27H26N2O3S. The van der Waals surface area contributed by atoms with E-state index in [9.17, 15) is 9.59 Å². The van der Waals surface area contributed by atoms with Crippen LogP contribution in [0.2, 0.25) is 0 Å². The molecule has 5 rings (SSSR count). The second kappa shape index (κ2) is 9.41. The molecule has 3 aromatic rings. The van der Waals surface area contributed by atoms with Crippen molar-refractivity contribution >= 4 is 29.3 Å². The molecule has 6 heteroatoms. The van der Waals surface area contributed by atoms with Crippen molar-refractivity contribution in [2.75, 3.05) is 18.1 Å². The predicted octanol–water partition coefficient (Wildman–Crippen LogP) is 5.22. The number of rotatable bonds is 5. The lowest BCUT2D eigenvalue weighted by atomic mass is 10.1. The molecule has 3 aromatic carbocycles. The van der Waals surface area contributed by atoms with Gasteiger partial charge in [-0.15, -0.1) is 0 Å². The third kappa shape index (κ3) is 4.68. The van der Waals surface area contributed by atoms with Gasteiger partial charge in [-0.3, -0.25) is 9.59 Å². The summed E-state index contributed by atoms with van der Waals surface area (Å²) in [4.78, 5) is 30.2. The lowest BCUT2D eigenvalue weighted by molar-refractivity contribution is 0.0857. The Morgan fingerprint density at radius 1 is 1.09 bits per heavy atom. The maximum atomic E-state index is 13.6. The normalized spacial score (nSPS) is 17.3. The van der Waals surface area contributed by atoms with Gasteiger partial charge in [0.2, 0.25) is 0 Å². The summed E-state index contributed by atoms with van der Waals surface area (Å²) in [7, 11) is 0. The number of hydrogen-bond donors (Lipinski definition) is 1. The summed E-state index contributed by atoms with van der Waals surface area (Å²) < 4.78 is 5.62. The van der Waals surface area contributed by atoms with E-state index in [1.807, 2.05) is 61.5 Å². The lowest BCUT2D eigenvalue weighted by Crippen LogP contribution is -2.33. The Bertz CT molecular complexity index is 1190. The van der Waals surface area contributed by atoms with Gasteiger partial charge in [0.15, 0.2) is 0 Å². The van der Waals surface area contributed by atoms with Gasteiger partial charge in [-0.05, 0) is 55.7 Å². The summed E-state index contributed by atoms with van der Waals surface area (Å²) in [5.41, 5.74) is 4.19. The molecule has 0 aliphatic carbocycles. The molecule has 0 bridgehead atoms. The van der Waals surface area contributed by atoms with E-state index in [1.165, 1.54) is 5.56 Å². The zero-order chi connectivity index (χ0) is 22.8. The van der Waals surface area contributed by atoms with Crippen LogP contribution in [0.25, 0.3) is 0 Å². The van der Waals surface area contributed by atoms with E-state index in [1.54, 1.807) is 16.7 Å². The first-order valence-electron chi connectivity index (χ1n) is 11.3. The van der Waals surface area contributed by atoms with Gasteiger partial charge in [0, 0.05) is 28.5 Å². The highest BCUT2D eigenvalue weighted by Crippen LogP contribution is 2.42. The molecule has 2 heterocycles. The van der Waals surface area contributed by atoms with E-state index in [0.717, 1.165) is 40.5 Å². The number of amides is 2. The van der Waals surface area contributed by atoms with Crippen LogP contribution in [-0.4, -0.2) is 31.1 Å². The Kier molecular flexibility index (Phi) is 6.20. The maximum absolute atomic E-state index is 13.6. The van der Waals surface area contributed by atoms with Gasteiger partial charge < -0.3 is 15.0 Å². The van der Waals surface area contributed by atoms with Crippen molar-refractivity contribution < 1.29 is 14.3 Å². The number of aryl methyl sites for hydroxylation is 1. The van der Waals surface area contributed by atoms with Crippen LogP contribution in [0.5, 0.6) is 0 Å². The average Bonchev–Trinajstić information content (AvgIpc) is 3.33. The van der Waals surface area contributed by atoms with E-state index in [4.69, 9.17) is 4.74 Å². The summed E-state index contributed by atoms with van der Waals surface area (Å²) in [5.74, 6) is -0.211. The van der Waals surface area contributed by atoms with Crippen molar-refractivity contribution in [1.29, 1.82) is 0 Å². The molecule has 1 N–H and O–H groups in total. The van der Waals surface area contributed by atoms with E-state index in [2.05, 4.69) is 17.4 Å². The number of benzene rings is 3. The smallest absolute Gasteiger partial charge is 0.259 e. The lowest BCUT2D eigenvalue weighted by Gasteiger charge is -2.24. The van der Waals surface area contributed by atoms with Gasteiger partial charge >= 0.3 is 0 Å². The molecule has 0 saturated carbocycles. The van der Waals surface area contributed by atoms with Crippen LogP contribution in [0.15, 0.2) is 76.5 Å². The number of nitrogens with one attached hydrogen (secondary N) is 1. The summed E-state index contributed by atoms with van der Waals surface area (Å²) in [6, 6.07) is 21.5. The number of fused-ring (bicyclic) bond motifs is 2. The first-order chi connectivity index (χ1) is 16.1. The molecule has 1 fully saturated rings. The van der Waals surface area contributed by atoms with Gasteiger partial charge in [-0.1, -0.05) is 53.7 Å². The minimum absolute atomic E-state index is 0.0608. The average molecular weight is 459 g/mol. The Hall–Kier alpha value is -3.09. The number of hydrogen-bond acceptors (Lipinski definition) is 4. The molecule has 33 heavy (non-hydrogen) atoms. The Morgan fingerprint density at radius 3 is 2.70 bits per heavy atom. The highest BCUT2D eigenvalue weighted by molar-refractivity contribution is 7.99. The maximum Gasteiger partial charge on any atom is 0.259 e. The van der Waals surface area contributed by atoms with E-state index >= 15 is 0 Å². The third-order valence-corrected chi connectivity index (χ3v) is 7.21. The Morgan fingerprint density at radius 2 is 1.91 bits per heavy atom. The third-order valence-electron chi connectivity index (χ3n) is 6.07. The number of carbonyl (C=O) groups is 2. The predicted molar refractivity (Wildman–Crippen MR) is 130 cm³/mol. The van der Waals surface area contributed by atoms with Crippen molar-refractivity contribution in [3.63, 3.8) is 0 Å². The molecule has 0 aromatic heterocycles. The van der Waals surface area contributed by atoms with Crippen LogP contribution < -0.4 is 10.2 Å². The molecule has 0 radical (unpaired) electrons. The summed E-state index contributed by atoms with van der Waals surface area (Å²) in [6.45, 7) is 3.74. The van der Waals surface area contributed by atoms with E-state index in [-0.39, 0.29) is 17.9 Å². The molecule has 1 unspecified atom stereocenters. The highest BCUT2D eigenvalue weighted by Gasteiger charge is 2.28. The quantitative estimate of drug-likeness (QED) is 0.570. The van der Waals surface area contributed by atoms with Gasteiger partial charge in [-0.2, -0.15) is 0 Å². The largest absolute Gasteiger partial charge is 0.376 e. The highest BCUT2D eigenvalue weighted by atomic mass is 32.2. The van der Waals surface area contributed by atoms with Gasteiger partial charge in [0.05, 0.1) is 23.9 Å². The number of anilines is 1. The van der Waals surface area contributed by atoms with Gasteiger partial charge in [0.25, 0.3) is 11.8 Å². The molecule has 0 spiro atoms. The molecular weight excluding hydrogens is 432 g/mol. The molecule has 168 valence electrons. The van der Waals surface area contributed by atoms with Crippen LogP contribution in [0.4, 0.5) is 5.69 Å². The fourth-order valence-corrected chi connectivity index (χ4v) is 5.27. The first kappa shape index (κ1) is 21.7. The Balaban J connectivity index is 1.49. The van der Waals surface area contributed by atoms with Crippen molar-refractivity contribution in [3.05, 3.63) is 89.0 Å². The van der Waals surface area contributed by atoms with Crippen LogP contribution in [0.3, 0.4) is 0 Å². The zero-order valence-electron chi connectivity index (χ0n) is 18.5. The van der Waals surface area contributed by atoms with Crippen molar-refractivity contribution in [2.45, 2.75) is 42.2 Å². The second-order valence-corrected chi connectivity index (χ2v) is 9.59. The summed E-state index contributed by atoms with van der Waals surface area (Å²) in [6.07, 6.45) is 2.09. The van der Waals surface area contributed by atoms with E-state index in [0.29, 0.717) is 24.2 Å². The van der Waals surface area contributed by atoms with Crippen molar-refractivity contribution in [1.82, 2.24) is 5.32 Å². The molecule has 2 amide bonds. The molecule has 2 aliphatic rings. The standard InChI is InChI=1S/C27H26N2O3S/c1-18-8-10-19(11-9-18)17-29-23-15-20(26(30)28-16-21-5-4-14-32-21)12-13-25(23)33-24-7-3-2-6-22(24)27(29)31/h2-3,6-13,15,21H,4-5,14,16-17H2,1H3,(H,28,30). The fourth-order valence-electron chi connectivity index (χ4n) is 4.21. The van der Waals surface area contributed by atoms with Crippen LogP contribution in [0, 0.1) is 6.92 Å².